The Morgan fingerprint density at radius 1 is 1.33 bits per heavy atom. The summed E-state index contributed by atoms with van der Waals surface area (Å²) in [7, 11) is 0. The maximum absolute atomic E-state index is 12.2. The number of halogens is 3. The molecule has 0 amide bonds. The number of nitro groups is 1. The zero-order valence-corrected chi connectivity index (χ0v) is 13.0. The summed E-state index contributed by atoms with van der Waals surface area (Å²) in [5.74, 6) is -0.395. The Morgan fingerprint density at radius 2 is 2.00 bits per heavy atom. The van der Waals surface area contributed by atoms with E-state index >= 15 is 0 Å². The van der Waals surface area contributed by atoms with Crippen molar-refractivity contribution in [2.45, 2.75) is 51.0 Å². The second kappa shape index (κ2) is 7.80. The summed E-state index contributed by atoms with van der Waals surface area (Å²) in [4.78, 5) is 10.3. The van der Waals surface area contributed by atoms with Crippen molar-refractivity contribution in [3.63, 3.8) is 0 Å². The predicted molar refractivity (Wildman–Crippen MR) is 77.0 cm³/mol. The van der Waals surface area contributed by atoms with E-state index in [2.05, 4.69) is 4.74 Å². The van der Waals surface area contributed by atoms with E-state index in [4.69, 9.17) is 9.47 Å². The van der Waals surface area contributed by atoms with Crippen LogP contribution in [0.15, 0.2) is 24.3 Å². The number of hydrogen-bond acceptors (Lipinski definition) is 5. The zero-order valence-electron chi connectivity index (χ0n) is 13.0. The molecule has 0 bridgehead atoms. The summed E-state index contributed by atoms with van der Waals surface area (Å²) < 4.78 is 51.5. The number of benzene rings is 1. The van der Waals surface area contributed by atoms with E-state index in [1.165, 1.54) is 12.1 Å². The van der Waals surface area contributed by atoms with E-state index in [1.54, 1.807) is 0 Å². The number of rotatable bonds is 6. The molecule has 3 atom stereocenters. The molecule has 0 spiro atoms. The normalized spacial score (nSPS) is 22.8. The van der Waals surface area contributed by atoms with Crippen molar-refractivity contribution in [1.82, 2.24) is 0 Å². The number of alkyl halides is 3. The highest BCUT2D eigenvalue weighted by Gasteiger charge is 2.31. The molecule has 1 fully saturated rings. The topological polar surface area (TPSA) is 70.8 Å². The van der Waals surface area contributed by atoms with Gasteiger partial charge in [0.15, 0.2) is 6.29 Å². The van der Waals surface area contributed by atoms with Gasteiger partial charge in [-0.15, -0.1) is 13.2 Å². The second-order valence-corrected chi connectivity index (χ2v) is 5.56. The Hall–Kier alpha value is -1.87. The molecule has 0 unspecified atom stereocenters. The smallest absolute Gasteiger partial charge is 0.406 e. The highest BCUT2D eigenvalue weighted by atomic mass is 19.4. The molecule has 0 radical (unpaired) electrons. The first-order valence-electron chi connectivity index (χ1n) is 7.51. The van der Waals surface area contributed by atoms with Crippen LogP contribution in [0.2, 0.25) is 0 Å². The van der Waals surface area contributed by atoms with Crippen molar-refractivity contribution in [1.29, 1.82) is 0 Å². The average molecular weight is 349 g/mol. The molecular weight excluding hydrogens is 331 g/mol. The van der Waals surface area contributed by atoms with Crippen molar-refractivity contribution in [2.75, 3.05) is 6.54 Å². The summed E-state index contributed by atoms with van der Waals surface area (Å²) in [6.07, 6.45) is -3.86. The summed E-state index contributed by atoms with van der Waals surface area (Å²) in [6.45, 7) is 1.38. The summed E-state index contributed by atoms with van der Waals surface area (Å²) in [5, 5.41) is 10.9. The summed E-state index contributed by atoms with van der Waals surface area (Å²) in [5.41, 5.74) is 0.392. The molecule has 1 aromatic carbocycles. The first-order valence-corrected chi connectivity index (χ1v) is 7.51. The molecule has 24 heavy (non-hydrogen) atoms. The summed E-state index contributed by atoms with van der Waals surface area (Å²) in [6, 6.07) is 4.84. The highest BCUT2D eigenvalue weighted by Crippen LogP contribution is 2.29. The molecule has 1 aliphatic heterocycles. The molecule has 0 N–H and O–H groups in total. The zero-order chi connectivity index (χ0) is 17.7. The first-order chi connectivity index (χ1) is 11.2. The lowest BCUT2D eigenvalue weighted by molar-refractivity contribution is -0.496. The Kier molecular flexibility index (Phi) is 6.00. The predicted octanol–water partition coefficient (Wildman–Crippen LogP) is 3.83. The fourth-order valence-electron chi connectivity index (χ4n) is 2.50. The van der Waals surface area contributed by atoms with Gasteiger partial charge in [0.05, 0.1) is 6.10 Å². The maximum atomic E-state index is 12.2. The van der Waals surface area contributed by atoms with Crippen LogP contribution in [0.25, 0.3) is 0 Å². The van der Waals surface area contributed by atoms with Gasteiger partial charge in [-0.3, -0.25) is 10.1 Å². The SMILES string of the molecule is C[C@H]1CCC[C@@H](O[C@@H](C[N+](=O)[O-])c2ccc(OC(F)(F)F)cc2)O1. The molecule has 6 nitrogen and oxygen atoms in total. The fraction of sp³-hybridized carbons (Fsp3) is 0.600. The van der Waals surface area contributed by atoms with Crippen molar-refractivity contribution < 1.29 is 32.3 Å². The Balaban J connectivity index is 2.07. The molecule has 9 heteroatoms. The molecule has 0 aromatic heterocycles. The van der Waals surface area contributed by atoms with Gasteiger partial charge in [0.25, 0.3) is 0 Å². The monoisotopic (exact) mass is 349 g/mol. The van der Waals surface area contributed by atoms with Gasteiger partial charge in [-0.1, -0.05) is 12.1 Å². The molecule has 134 valence electrons. The third-order valence-corrected chi connectivity index (χ3v) is 3.55. The van der Waals surface area contributed by atoms with Gasteiger partial charge in [0.2, 0.25) is 6.54 Å². The van der Waals surface area contributed by atoms with Crippen LogP contribution in [-0.4, -0.2) is 30.2 Å². The third kappa shape index (κ3) is 5.97. The third-order valence-electron chi connectivity index (χ3n) is 3.55. The number of hydrogen-bond donors (Lipinski definition) is 0. The minimum atomic E-state index is -4.79. The van der Waals surface area contributed by atoms with Crippen LogP contribution in [0.3, 0.4) is 0 Å². The van der Waals surface area contributed by atoms with Crippen LogP contribution in [0.5, 0.6) is 5.75 Å². The standard InChI is InChI=1S/C15H18F3NO5/c1-10-3-2-4-14(22-10)23-13(9-19(20)21)11-5-7-12(8-6-11)24-15(16,17)18/h5-8,10,13-14H,2-4,9H2,1H3/t10-,13-,14+/m0/s1. The van der Waals surface area contributed by atoms with Gasteiger partial charge in [0, 0.05) is 4.92 Å². The van der Waals surface area contributed by atoms with Crippen LogP contribution in [0.4, 0.5) is 13.2 Å². The van der Waals surface area contributed by atoms with Crippen molar-refractivity contribution >= 4 is 0 Å². The molecule has 0 aliphatic carbocycles. The molecule has 1 aliphatic rings. The Morgan fingerprint density at radius 3 is 2.54 bits per heavy atom. The highest BCUT2D eigenvalue weighted by molar-refractivity contribution is 5.28. The van der Waals surface area contributed by atoms with Gasteiger partial charge in [-0.05, 0) is 43.9 Å². The van der Waals surface area contributed by atoms with Crippen molar-refractivity contribution in [3.05, 3.63) is 39.9 Å². The second-order valence-electron chi connectivity index (χ2n) is 5.56. The van der Waals surface area contributed by atoms with Gasteiger partial charge >= 0.3 is 6.36 Å². The molecular formula is C15H18F3NO5. The van der Waals surface area contributed by atoms with E-state index in [0.717, 1.165) is 25.0 Å². The van der Waals surface area contributed by atoms with Crippen molar-refractivity contribution in [2.24, 2.45) is 0 Å². The number of ether oxygens (including phenoxy) is 3. The molecule has 1 saturated heterocycles. The average Bonchev–Trinajstić information content (AvgIpc) is 2.45. The first kappa shape index (κ1) is 18.5. The van der Waals surface area contributed by atoms with Gasteiger partial charge in [0.1, 0.15) is 11.9 Å². The van der Waals surface area contributed by atoms with E-state index < -0.39 is 36.0 Å². The van der Waals surface area contributed by atoms with Gasteiger partial charge in [-0.25, -0.2) is 0 Å². The van der Waals surface area contributed by atoms with E-state index in [-0.39, 0.29) is 6.10 Å². The van der Waals surface area contributed by atoms with Crippen LogP contribution in [0, 0.1) is 10.1 Å². The molecule has 0 saturated carbocycles. The molecule has 2 rings (SSSR count). The maximum Gasteiger partial charge on any atom is 0.573 e. The quantitative estimate of drug-likeness (QED) is 0.576. The van der Waals surface area contributed by atoms with Crippen LogP contribution >= 0.6 is 0 Å². The lowest BCUT2D eigenvalue weighted by Gasteiger charge is -2.30. The lowest BCUT2D eigenvalue weighted by Crippen LogP contribution is -2.31. The van der Waals surface area contributed by atoms with Crippen LogP contribution < -0.4 is 4.74 Å². The van der Waals surface area contributed by atoms with E-state index in [9.17, 15) is 23.3 Å². The van der Waals surface area contributed by atoms with Gasteiger partial charge < -0.3 is 14.2 Å². The van der Waals surface area contributed by atoms with Crippen LogP contribution in [0.1, 0.15) is 37.9 Å². The van der Waals surface area contributed by atoms with E-state index in [0.29, 0.717) is 12.0 Å². The number of nitrogens with zero attached hydrogens (tertiary/aromatic N) is 1. The Bertz CT molecular complexity index is 549. The lowest BCUT2D eigenvalue weighted by atomic mass is 10.1. The molecule has 1 heterocycles. The van der Waals surface area contributed by atoms with Crippen molar-refractivity contribution in [3.8, 4) is 5.75 Å². The van der Waals surface area contributed by atoms with E-state index in [1.807, 2.05) is 6.92 Å². The van der Waals surface area contributed by atoms with Crippen LogP contribution in [-0.2, 0) is 9.47 Å². The Labute approximate surface area is 136 Å². The minimum Gasteiger partial charge on any atom is -0.406 e. The fourth-order valence-corrected chi connectivity index (χ4v) is 2.50. The summed E-state index contributed by atoms with van der Waals surface area (Å²) >= 11 is 0. The van der Waals surface area contributed by atoms with Gasteiger partial charge in [-0.2, -0.15) is 0 Å². The molecule has 1 aromatic rings. The largest absolute Gasteiger partial charge is 0.573 e. The minimum absolute atomic E-state index is 0.00238.